The minimum absolute atomic E-state index is 0.0328. The molecule has 1 aliphatic heterocycles. The van der Waals surface area contributed by atoms with Crippen LogP contribution in [0.25, 0.3) is 11.3 Å². The third-order valence-electron chi connectivity index (χ3n) is 5.86. The first kappa shape index (κ1) is 22.8. The lowest BCUT2D eigenvalue weighted by atomic mass is 9.92. The number of nitrogens with zero attached hydrogens (tertiary/aromatic N) is 2. The Morgan fingerprint density at radius 1 is 1.20 bits per heavy atom. The molecule has 2 aromatic rings. The van der Waals surface area contributed by atoms with Gasteiger partial charge >= 0.3 is 0 Å². The molecule has 1 aromatic carbocycles. The Morgan fingerprint density at radius 3 is 2.57 bits per heavy atom. The van der Waals surface area contributed by atoms with Gasteiger partial charge in [0.15, 0.2) is 11.7 Å². The van der Waals surface area contributed by atoms with E-state index in [0.29, 0.717) is 48.0 Å². The van der Waals surface area contributed by atoms with Crippen molar-refractivity contribution in [2.75, 3.05) is 32.8 Å². The molecule has 1 amide bonds. The van der Waals surface area contributed by atoms with Gasteiger partial charge in [-0.2, -0.15) is 0 Å². The van der Waals surface area contributed by atoms with Crippen molar-refractivity contribution in [1.29, 1.82) is 0 Å². The number of aromatic nitrogens is 1. The Labute approximate surface area is 183 Å². The number of benzene rings is 1. The third kappa shape index (κ3) is 6.30. The molecule has 1 aromatic heterocycles. The highest BCUT2D eigenvalue weighted by Crippen LogP contribution is 2.23. The summed E-state index contributed by atoms with van der Waals surface area (Å²) in [7, 11) is 0. The lowest BCUT2D eigenvalue weighted by molar-refractivity contribution is -0.121. The average Bonchev–Trinajstić information content (AvgIpc) is 3.25. The maximum atomic E-state index is 12.5. The average molecular weight is 434 g/mol. The summed E-state index contributed by atoms with van der Waals surface area (Å²) in [6.07, 6.45) is 4.75. The van der Waals surface area contributed by atoms with E-state index in [2.05, 4.69) is 29.0 Å². The predicted octanol–water partition coefficient (Wildman–Crippen LogP) is 4.18. The zero-order valence-corrected chi connectivity index (χ0v) is 18.7. The van der Waals surface area contributed by atoms with Crippen LogP contribution in [0.4, 0.5) is 0 Å². The van der Waals surface area contributed by atoms with E-state index in [9.17, 15) is 4.79 Å². The summed E-state index contributed by atoms with van der Waals surface area (Å²) < 4.78 is 11.3. The highest BCUT2D eigenvalue weighted by atomic mass is 35.5. The van der Waals surface area contributed by atoms with Crippen molar-refractivity contribution in [3.63, 3.8) is 0 Å². The van der Waals surface area contributed by atoms with Crippen molar-refractivity contribution in [2.24, 2.45) is 5.92 Å². The maximum Gasteiger partial charge on any atom is 0.220 e. The summed E-state index contributed by atoms with van der Waals surface area (Å²) in [6, 6.07) is 7.77. The quantitative estimate of drug-likeness (QED) is 0.608. The van der Waals surface area contributed by atoms with Crippen molar-refractivity contribution >= 4 is 17.5 Å². The van der Waals surface area contributed by atoms with Gasteiger partial charge in [0.25, 0.3) is 0 Å². The van der Waals surface area contributed by atoms with Crippen LogP contribution < -0.4 is 5.32 Å². The molecule has 0 radical (unpaired) electrons. The molecule has 0 aliphatic carbocycles. The smallest absolute Gasteiger partial charge is 0.220 e. The lowest BCUT2D eigenvalue weighted by Gasteiger charge is -2.38. The molecule has 1 saturated heterocycles. The predicted molar refractivity (Wildman–Crippen MR) is 119 cm³/mol. The van der Waals surface area contributed by atoms with E-state index in [1.807, 2.05) is 24.3 Å². The molecule has 2 heterocycles. The van der Waals surface area contributed by atoms with Gasteiger partial charge in [0, 0.05) is 49.1 Å². The number of carbonyl (C=O) groups excluding carboxylic acids is 1. The number of carbonyl (C=O) groups is 1. The minimum atomic E-state index is 0.0328. The van der Waals surface area contributed by atoms with E-state index in [-0.39, 0.29) is 5.91 Å². The van der Waals surface area contributed by atoms with Crippen LogP contribution in [0.15, 0.2) is 34.9 Å². The van der Waals surface area contributed by atoms with E-state index in [1.54, 1.807) is 6.20 Å². The summed E-state index contributed by atoms with van der Waals surface area (Å²) in [5.41, 5.74) is 0.918. The first-order chi connectivity index (χ1) is 14.6. The Balaban J connectivity index is 1.50. The van der Waals surface area contributed by atoms with Crippen LogP contribution >= 0.6 is 11.6 Å². The fourth-order valence-corrected chi connectivity index (χ4v) is 4.16. The van der Waals surface area contributed by atoms with Gasteiger partial charge in [-0.1, -0.05) is 38.3 Å². The second-order valence-electron chi connectivity index (χ2n) is 7.72. The first-order valence-corrected chi connectivity index (χ1v) is 11.3. The molecule has 30 heavy (non-hydrogen) atoms. The van der Waals surface area contributed by atoms with Gasteiger partial charge in [-0.15, -0.1) is 0 Å². The largest absolute Gasteiger partial charge is 0.441 e. The molecule has 164 valence electrons. The van der Waals surface area contributed by atoms with Crippen LogP contribution in [0.5, 0.6) is 0 Å². The van der Waals surface area contributed by atoms with E-state index >= 15 is 0 Å². The van der Waals surface area contributed by atoms with E-state index in [1.165, 1.54) is 0 Å². The van der Waals surface area contributed by atoms with Gasteiger partial charge in [0.05, 0.1) is 19.4 Å². The van der Waals surface area contributed by atoms with Crippen molar-refractivity contribution in [1.82, 2.24) is 15.2 Å². The Kier molecular flexibility index (Phi) is 8.73. The highest BCUT2D eigenvalue weighted by Gasteiger charge is 2.27. The van der Waals surface area contributed by atoms with Gasteiger partial charge in [0.1, 0.15) is 0 Å². The topological polar surface area (TPSA) is 67.6 Å². The number of aryl methyl sites for hydroxylation is 1. The lowest BCUT2D eigenvalue weighted by Crippen LogP contribution is -2.52. The maximum absolute atomic E-state index is 12.5. The molecule has 3 rings (SSSR count). The second kappa shape index (κ2) is 11.5. The van der Waals surface area contributed by atoms with Crippen molar-refractivity contribution in [2.45, 2.75) is 45.6 Å². The minimum Gasteiger partial charge on any atom is -0.441 e. The van der Waals surface area contributed by atoms with E-state index in [4.69, 9.17) is 20.8 Å². The van der Waals surface area contributed by atoms with Crippen LogP contribution in [0.3, 0.4) is 0 Å². The number of ether oxygens (including phenoxy) is 1. The number of morpholine rings is 1. The van der Waals surface area contributed by atoms with Gasteiger partial charge < -0.3 is 14.5 Å². The molecule has 0 saturated carbocycles. The van der Waals surface area contributed by atoms with Gasteiger partial charge in [-0.05, 0) is 30.2 Å². The molecule has 1 aliphatic rings. The number of hydrogen-bond acceptors (Lipinski definition) is 5. The monoisotopic (exact) mass is 433 g/mol. The third-order valence-corrected chi connectivity index (χ3v) is 6.12. The SMILES string of the molecule is CCC(CC)C(CNC(=O)CCc1ncc(-c2ccc(Cl)cc2)o1)N1CCOCC1. The summed E-state index contributed by atoms with van der Waals surface area (Å²) in [4.78, 5) is 19.3. The van der Waals surface area contributed by atoms with Crippen LogP contribution in [0, 0.1) is 5.92 Å². The molecule has 6 nitrogen and oxygen atoms in total. The summed E-state index contributed by atoms with van der Waals surface area (Å²) in [6.45, 7) is 8.53. The number of amides is 1. The van der Waals surface area contributed by atoms with Gasteiger partial charge in [0.2, 0.25) is 5.91 Å². The zero-order valence-electron chi connectivity index (χ0n) is 17.9. The second-order valence-corrected chi connectivity index (χ2v) is 8.16. The number of halogens is 1. The summed E-state index contributed by atoms with van der Waals surface area (Å²) in [5, 5.41) is 3.82. The molecule has 0 spiro atoms. The van der Waals surface area contributed by atoms with E-state index in [0.717, 1.165) is 44.7 Å². The number of rotatable bonds is 10. The fourth-order valence-electron chi connectivity index (χ4n) is 4.04. The van der Waals surface area contributed by atoms with Crippen molar-refractivity contribution in [3.05, 3.63) is 41.4 Å². The van der Waals surface area contributed by atoms with Crippen molar-refractivity contribution < 1.29 is 13.9 Å². The van der Waals surface area contributed by atoms with Gasteiger partial charge in [-0.25, -0.2) is 4.98 Å². The summed E-state index contributed by atoms with van der Waals surface area (Å²) >= 11 is 5.93. The Morgan fingerprint density at radius 2 is 1.90 bits per heavy atom. The van der Waals surface area contributed by atoms with E-state index < -0.39 is 0 Å². The van der Waals surface area contributed by atoms with Crippen LogP contribution in [0.1, 0.15) is 39.0 Å². The van der Waals surface area contributed by atoms with Crippen LogP contribution in [-0.2, 0) is 16.0 Å². The number of hydrogen-bond donors (Lipinski definition) is 1. The number of nitrogens with one attached hydrogen (secondary N) is 1. The highest BCUT2D eigenvalue weighted by molar-refractivity contribution is 6.30. The Bertz CT molecular complexity index is 783. The molecule has 1 fully saturated rings. The van der Waals surface area contributed by atoms with Crippen LogP contribution in [-0.4, -0.2) is 54.7 Å². The molecular weight excluding hydrogens is 402 g/mol. The molecular formula is C23H32ClN3O3. The first-order valence-electron chi connectivity index (χ1n) is 10.9. The Hall–Kier alpha value is -1.89. The molecule has 1 N–H and O–H groups in total. The molecule has 1 unspecified atom stereocenters. The molecule has 7 heteroatoms. The number of oxazole rings is 1. The standard InChI is InChI=1S/C23H32ClN3O3/c1-3-17(4-2)20(27-11-13-29-14-12-27)15-25-22(28)9-10-23-26-16-21(30-23)18-5-7-19(24)8-6-18/h5-8,16-17,20H,3-4,9-15H2,1-2H3,(H,25,28). The fraction of sp³-hybridized carbons (Fsp3) is 0.565. The summed E-state index contributed by atoms with van der Waals surface area (Å²) in [5.74, 6) is 1.85. The van der Waals surface area contributed by atoms with Crippen molar-refractivity contribution in [3.8, 4) is 11.3 Å². The van der Waals surface area contributed by atoms with Crippen LogP contribution in [0.2, 0.25) is 5.02 Å². The zero-order chi connectivity index (χ0) is 21.3. The molecule has 1 atom stereocenters. The normalized spacial score (nSPS) is 16.0. The van der Waals surface area contributed by atoms with Gasteiger partial charge in [-0.3, -0.25) is 9.69 Å². The molecule has 0 bridgehead atoms.